The highest BCUT2D eigenvalue weighted by molar-refractivity contribution is 5.93. The van der Waals surface area contributed by atoms with E-state index in [0.717, 1.165) is 28.5 Å². The van der Waals surface area contributed by atoms with E-state index in [1.165, 1.54) is 24.3 Å². The molecule has 0 aliphatic rings. The highest BCUT2D eigenvalue weighted by atomic mass is 19.4. The fraction of sp³-hybridized carbons (Fsp3) is 0.136. The Labute approximate surface area is 155 Å². The molecule has 1 unspecified atom stereocenters. The summed E-state index contributed by atoms with van der Waals surface area (Å²) in [6.07, 6.45) is -1.55. The molecule has 1 atom stereocenters. The zero-order valence-corrected chi connectivity index (χ0v) is 14.6. The lowest BCUT2D eigenvalue weighted by molar-refractivity contribution is -0.137. The number of carbonyl (C=O) groups is 1. The average molecular weight is 369 g/mol. The van der Waals surface area contributed by atoms with Gasteiger partial charge in [-0.3, -0.25) is 4.79 Å². The predicted octanol–water partition coefficient (Wildman–Crippen LogP) is 5.75. The van der Waals surface area contributed by atoms with Gasteiger partial charge in [-0.25, -0.2) is 0 Å². The van der Waals surface area contributed by atoms with Crippen LogP contribution in [0.5, 0.6) is 0 Å². The molecule has 0 radical (unpaired) electrons. The largest absolute Gasteiger partial charge is 0.416 e. The molecule has 1 N–H and O–H groups in total. The van der Waals surface area contributed by atoms with Gasteiger partial charge in [0.15, 0.2) is 0 Å². The number of nitrogens with one attached hydrogen (secondary N) is 1. The first-order chi connectivity index (χ1) is 12.8. The first-order valence-electron chi connectivity index (χ1n) is 8.48. The number of hydrogen-bond acceptors (Lipinski definition) is 1. The summed E-state index contributed by atoms with van der Waals surface area (Å²) in [6, 6.07) is 18.3. The Balaban J connectivity index is 1.69. The van der Waals surface area contributed by atoms with Gasteiger partial charge >= 0.3 is 6.18 Å². The second kappa shape index (κ2) is 7.66. The molecule has 0 spiro atoms. The Morgan fingerprint density at radius 1 is 0.963 bits per heavy atom. The second-order valence-corrected chi connectivity index (χ2v) is 6.25. The van der Waals surface area contributed by atoms with Crippen LogP contribution in [-0.2, 0) is 11.0 Å². The maximum absolute atomic E-state index is 12.6. The maximum Gasteiger partial charge on any atom is 0.416 e. The van der Waals surface area contributed by atoms with Crippen LogP contribution in [0.4, 0.5) is 13.2 Å². The molecule has 0 bridgehead atoms. The minimum Gasteiger partial charge on any atom is -0.346 e. The monoisotopic (exact) mass is 369 g/mol. The smallest absolute Gasteiger partial charge is 0.346 e. The number of alkyl halides is 3. The zero-order chi connectivity index (χ0) is 19.4. The summed E-state index contributed by atoms with van der Waals surface area (Å²) in [7, 11) is 0. The van der Waals surface area contributed by atoms with E-state index >= 15 is 0 Å². The van der Waals surface area contributed by atoms with E-state index in [9.17, 15) is 18.0 Å². The van der Waals surface area contributed by atoms with Crippen LogP contribution in [0.2, 0.25) is 0 Å². The van der Waals surface area contributed by atoms with Gasteiger partial charge in [0.05, 0.1) is 11.6 Å². The Morgan fingerprint density at radius 3 is 2.33 bits per heavy atom. The third-order valence-corrected chi connectivity index (χ3v) is 4.31. The molecular weight excluding hydrogens is 351 g/mol. The Morgan fingerprint density at radius 2 is 1.63 bits per heavy atom. The quantitative estimate of drug-likeness (QED) is 0.583. The first kappa shape index (κ1) is 18.7. The lowest BCUT2D eigenvalue weighted by Gasteiger charge is -2.15. The number of fused-ring (bicyclic) bond motifs is 1. The molecule has 27 heavy (non-hydrogen) atoms. The standard InChI is InChI=1S/C22H18F3NO/c1-15(19-8-4-6-17-5-2-3-7-20(17)19)26-21(27)14-11-16-9-12-18(13-10-16)22(23,24)25/h2-15H,1H3,(H,26,27)/b14-11+. The lowest BCUT2D eigenvalue weighted by atomic mass is 10.00. The number of halogens is 3. The van der Waals surface area contributed by atoms with Crippen LogP contribution in [0.15, 0.2) is 72.8 Å². The minimum atomic E-state index is -4.37. The van der Waals surface area contributed by atoms with Crippen molar-refractivity contribution in [3.63, 3.8) is 0 Å². The molecule has 2 nitrogen and oxygen atoms in total. The van der Waals surface area contributed by atoms with Crippen molar-refractivity contribution in [3.8, 4) is 0 Å². The van der Waals surface area contributed by atoms with Gasteiger partial charge in [-0.15, -0.1) is 0 Å². The van der Waals surface area contributed by atoms with Gasteiger partial charge in [-0.05, 0) is 47.0 Å². The topological polar surface area (TPSA) is 29.1 Å². The summed E-state index contributed by atoms with van der Waals surface area (Å²) in [4.78, 5) is 12.2. The van der Waals surface area contributed by atoms with E-state index in [4.69, 9.17) is 0 Å². The normalized spacial score (nSPS) is 13.0. The van der Waals surface area contributed by atoms with Crippen LogP contribution < -0.4 is 5.32 Å². The van der Waals surface area contributed by atoms with Crippen molar-refractivity contribution in [2.24, 2.45) is 0 Å². The van der Waals surface area contributed by atoms with Gasteiger partial charge < -0.3 is 5.32 Å². The SMILES string of the molecule is CC(NC(=O)/C=C/c1ccc(C(F)(F)F)cc1)c1cccc2ccccc12. The molecule has 0 heterocycles. The number of rotatable bonds is 4. The molecular formula is C22H18F3NO. The molecule has 0 fully saturated rings. The van der Waals surface area contributed by atoms with Crippen LogP contribution in [0.3, 0.4) is 0 Å². The number of carbonyl (C=O) groups excluding carboxylic acids is 1. The Bertz CT molecular complexity index is 970. The summed E-state index contributed by atoms with van der Waals surface area (Å²) in [5, 5.41) is 5.05. The first-order valence-corrected chi connectivity index (χ1v) is 8.48. The van der Waals surface area contributed by atoms with Crippen molar-refractivity contribution in [1.82, 2.24) is 5.32 Å². The molecule has 1 amide bonds. The van der Waals surface area contributed by atoms with Crippen LogP contribution in [-0.4, -0.2) is 5.91 Å². The average Bonchev–Trinajstić information content (AvgIpc) is 2.65. The zero-order valence-electron chi connectivity index (χ0n) is 14.6. The van der Waals surface area contributed by atoms with Gasteiger partial charge in [-0.1, -0.05) is 54.6 Å². The fourth-order valence-electron chi connectivity index (χ4n) is 2.92. The molecule has 0 saturated carbocycles. The molecule has 0 aromatic heterocycles. The van der Waals surface area contributed by atoms with Crippen molar-refractivity contribution in [2.45, 2.75) is 19.1 Å². The third kappa shape index (κ3) is 4.56. The number of benzene rings is 3. The minimum absolute atomic E-state index is 0.208. The predicted molar refractivity (Wildman–Crippen MR) is 101 cm³/mol. The molecule has 3 rings (SSSR count). The second-order valence-electron chi connectivity index (χ2n) is 6.25. The fourth-order valence-corrected chi connectivity index (χ4v) is 2.92. The third-order valence-electron chi connectivity index (χ3n) is 4.31. The van der Waals surface area contributed by atoms with E-state index in [1.807, 2.05) is 49.4 Å². The Hall–Kier alpha value is -3.08. The van der Waals surface area contributed by atoms with E-state index in [0.29, 0.717) is 5.56 Å². The molecule has 3 aromatic rings. The number of hydrogen-bond donors (Lipinski definition) is 1. The highest BCUT2D eigenvalue weighted by Gasteiger charge is 2.29. The van der Waals surface area contributed by atoms with Gasteiger partial charge in [0.1, 0.15) is 0 Å². The summed E-state index contributed by atoms with van der Waals surface area (Å²) in [5.41, 5.74) is 0.814. The van der Waals surface area contributed by atoms with Gasteiger partial charge in [0, 0.05) is 6.08 Å². The molecule has 138 valence electrons. The summed E-state index contributed by atoms with van der Waals surface area (Å²) in [6.45, 7) is 1.89. The van der Waals surface area contributed by atoms with Crippen molar-refractivity contribution in [3.05, 3.63) is 89.5 Å². The van der Waals surface area contributed by atoms with Gasteiger partial charge in [0.25, 0.3) is 0 Å². The van der Waals surface area contributed by atoms with E-state index in [2.05, 4.69) is 5.32 Å². The van der Waals surface area contributed by atoms with Gasteiger partial charge in [-0.2, -0.15) is 13.2 Å². The highest BCUT2D eigenvalue weighted by Crippen LogP contribution is 2.29. The van der Waals surface area contributed by atoms with Crippen LogP contribution in [0.25, 0.3) is 16.8 Å². The van der Waals surface area contributed by atoms with Crippen molar-refractivity contribution >= 4 is 22.8 Å². The molecule has 0 aliphatic heterocycles. The van der Waals surface area contributed by atoms with E-state index in [-0.39, 0.29) is 11.9 Å². The molecule has 3 aromatic carbocycles. The maximum atomic E-state index is 12.6. The summed E-state index contributed by atoms with van der Waals surface area (Å²) >= 11 is 0. The van der Waals surface area contributed by atoms with Crippen molar-refractivity contribution < 1.29 is 18.0 Å². The van der Waals surface area contributed by atoms with E-state index in [1.54, 1.807) is 0 Å². The molecule has 0 aliphatic carbocycles. The van der Waals surface area contributed by atoms with Crippen LogP contribution >= 0.6 is 0 Å². The van der Waals surface area contributed by atoms with Crippen LogP contribution in [0, 0.1) is 0 Å². The van der Waals surface area contributed by atoms with Gasteiger partial charge in [0.2, 0.25) is 5.91 Å². The van der Waals surface area contributed by atoms with Crippen molar-refractivity contribution in [1.29, 1.82) is 0 Å². The molecule has 5 heteroatoms. The summed E-state index contributed by atoms with van der Waals surface area (Å²) in [5.74, 6) is -0.310. The summed E-state index contributed by atoms with van der Waals surface area (Å²) < 4.78 is 37.7. The molecule has 0 saturated heterocycles. The van der Waals surface area contributed by atoms with Crippen molar-refractivity contribution in [2.75, 3.05) is 0 Å². The lowest BCUT2D eigenvalue weighted by Crippen LogP contribution is -2.24. The number of amides is 1. The van der Waals surface area contributed by atoms with Crippen LogP contribution in [0.1, 0.15) is 29.7 Å². The Kier molecular flexibility index (Phi) is 5.31. The van der Waals surface area contributed by atoms with E-state index < -0.39 is 11.7 Å².